The maximum atomic E-state index is 7.85. The summed E-state index contributed by atoms with van der Waals surface area (Å²) >= 11 is -2.56. The molecule has 0 fully saturated rings. The summed E-state index contributed by atoms with van der Waals surface area (Å²) in [5.74, 6) is 7.48. The van der Waals surface area contributed by atoms with Gasteiger partial charge in [-0.1, -0.05) is 97.1 Å². The minimum absolute atomic E-state index is 0.921. The van der Waals surface area contributed by atoms with E-state index in [4.69, 9.17) is 10.0 Å². The first-order chi connectivity index (χ1) is 20.7. The van der Waals surface area contributed by atoms with E-state index in [1.165, 1.54) is 0 Å². The monoisotopic (exact) mass is 580 g/mol. The van der Waals surface area contributed by atoms with Crippen LogP contribution in [0.5, 0.6) is 0 Å². The van der Waals surface area contributed by atoms with Crippen molar-refractivity contribution in [3.05, 3.63) is 97.1 Å². The minimum Gasteiger partial charge on any atom is -0.373 e. The molecule has 0 atom stereocenters. The molecule has 6 bridgehead atoms. The molecule has 6 N–H and O–H groups in total. The molecule has 0 spiro atoms. The molecule has 2 aliphatic rings. The van der Waals surface area contributed by atoms with Crippen LogP contribution in [0.4, 0.5) is 46.5 Å². The van der Waals surface area contributed by atoms with E-state index in [2.05, 4.69) is 135 Å². The molecule has 4 aromatic heterocycles. The lowest BCUT2D eigenvalue weighted by Crippen LogP contribution is -2.32. The van der Waals surface area contributed by atoms with Gasteiger partial charge in [0.15, 0.2) is 0 Å². The highest BCUT2D eigenvalue weighted by Gasteiger charge is 2.39. The average molecular weight is 581 g/mol. The standard InChI is InChI=1S/C32H22N8.Al.ClH/c1-2-10-18-17(9-1)25-33-26(18)38-28-21-13-5-6-14-22(21)30(35-28)40-32-24-16-8-7-15-23(24)31(36-32)39-29-20-12-4-3-11-19(20)27(34-29)37-25;;/h1-16,33,36-40H;;1H/q-2;+3;/p-1. The number of fused-ring (bicyclic) bond motifs is 16. The van der Waals surface area contributed by atoms with E-state index >= 15 is 0 Å². The summed E-state index contributed by atoms with van der Waals surface area (Å²) in [4.78, 5) is 7.34. The number of halogens is 1. The second-order valence-corrected chi connectivity index (χ2v) is 13.7. The Hall–Kier alpha value is -4.94. The summed E-state index contributed by atoms with van der Waals surface area (Å²) in [5, 5.41) is 24.0. The van der Waals surface area contributed by atoms with Crippen LogP contribution in [0.2, 0.25) is 0 Å². The van der Waals surface area contributed by atoms with Gasteiger partial charge >= 0.3 is 13.7 Å². The molecular formula is C32H22AlClN8. The van der Waals surface area contributed by atoms with Gasteiger partial charge in [-0.15, -0.1) is 0 Å². The van der Waals surface area contributed by atoms with Crippen molar-refractivity contribution in [2.45, 2.75) is 0 Å². The van der Waals surface area contributed by atoms with E-state index in [1.54, 1.807) is 0 Å². The zero-order chi connectivity index (χ0) is 27.5. The second kappa shape index (κ2) is 8.08. The number of hydrogen-bond donors (Lipinski definition) is 6. The molecule has 0 amide bonds. The van der Waals surface area contributed by atoms with Gasteiger partial charge in [0.25, 0.3) is 0 Å². The fourth-order valence-corrected chi connectivity index (χ4v) is 9.88. The highest BCUT2D eigenvalue weighted by atomic mass is 35.6. The number of rotatable bonds is 0. The third-order valence-electron chi connectivity index (χ3n) is 8.67. The first-order valence-electron chi connectivity index (χ1n) is 13.9. The van der Waals surface area contributed by atoms with Crippen LogP contribution in [0.25, 0.3) is 43.1 Å². The summed E-state index contributed by atoms with van der Waals surface area (Å²) in [5.41, 5.74) is 0. The second-order valence-electron chi connectivity index (χ2n) is 10.9. The summed E-state index contributed by atoms with van der Waals surface area (Å²) in [7, 11) is 7.85. The predicted octanol–water partition coefficient (Wildman–Crippen LogP) is 8.78. The van der Waals surface area contributed by atoms with Crippen LogP contribution in [0.15, 0.2) is 97.1 Å². The number of anilines is 8. The molecule has 10 rings (SSSR count). The number of aromatic nitrogens is 4. The molecule has 200 valence electrons. The van der Waals surface area contributed by atoms with E-state index in [1.807, 2.05) is 0 Å². The van der Waals surface area contributed by atoms with E-state index in [0.717, 1.165) is 89.6 Å². The van der Waals surface area contributed by atoms with Crippen molar-refractivity contribution in [1.82, 2.24) is 17.1 Å². The van der Waals surface area contributed by atoms with E-state index in [9.17, 15) is 0 Å². The summed E-state index contributed by atoms with van der Waals surface area (Å²) in [6, 6.07) is 33.9. The molecule has 2 aliphatic heterocycles. The van der Waals surface area contributed by atoms with Crippen molar-refractivity contribution in [2.24, 2.45) is 0 Å². The minimum atomic E-state index is -2.56. The van der Waals surface area contributed by atoms with Crippen LogP contribution < -0.4 is 21.3 Å². The SMILES string of the molecule is [Cl][Al]1[n]2c3c4ccccc4c2Nc2[nH]c(c4ccccc24)Nc2c4ccccc4c([n]21)Nc1[nH]c(c2ccccc12)N3. The third-order valence-corrected chi connectivity index (χ3v) is 11.7. The van der Waals surface area contributed by atoms with E-state index in [-0.39, 0.29) is 0 Å². The first-order valence-corrected chi connectivity index (χ1v) is 16.7. The van der Waals surface area contributed by atoms with Gasteiger partial charge in [-0.25, -0.2) is 0 Å². The molecule has 10 heteroatoms. The van der Waals surface area contributed by atoms with Crippen LogP contribution in [0, 0.1) is 0 Å². The maximum absolute atomic E-state index is 7.85. The van der Waals surface area contributed by atoms with Gasteiger partial charge in [0.05, 0.1) is 23.3 Å². The topological polar surface area (TPSA) is 89.6 Å². The lowest BCUT2D eigenvalue weighted by Gasteiger charge is -2.24. The number of H-pyrrole nitrogens is 2. The van der Waals surface area contributed by atoms with Crippen molar-refractivity contribution in [1.29, 1.82) is 0 Å². The van der Waals surface area contributed by atoms with Gasteiger partial charge in [0, 0.05) is 43.1 Å². The predicted molar refractivity (Wildman–Crippen MR) is 176 cm³/mol. The van der Waals surface area contributed by atoms with Crippen molar-refractivity contribution >= 4 is 113 Å². The van der Waals surface area contributed by atoms with E-state index in [0.29, 0.717) is 0 Å². The average Bonchev–Trinajstić information content (AvgIpc) is 3.74. The molecule has 4 aromatic carbocycles. The number of aromatic amines is 2. The maximum Gasteiger partial charge on any atom is 0.722 e. The fraction of sp³-hybridized carbons (Fsp3) is 0. The summed E-state index contributed by atoms with van der Waals surface area (Å²) in [6.45, 7) is 0. The van der Waals surface area contributed by atoms with Gasteiger partial charge in [0.1, 0.15) is 23.3 Å². The molecule has 0 saturated carbocycles. The lowest BCUT2D eigenvalue weighted by atomic mass is 10.2. The Kier molecular flexibility index (Phi) is 4.37. The molecule has 42 heavy (non-hydrogen) atoms. The Morgan fingerprint density at radius 1 is 0.381 bits per heavy atom. The van der Waals surface area contributed by atoms with Crippen molar-refractivity contribution in [3.63, 3.8) is 0 Å². The molecule has 6 heterocycles. The Balaban J connectivity index is 1.43. The van der Waals surface area contributed by atoms with E-state index < -0.39 is 13.7 Å². The van der Waals surface area contributed by atoms with Crippen LogP contribution in [0.3, 0.4) is 0 Å². The molecule has 0 aliphatic carbocycles. The summed E-state index contributed by atoms with van der Waals surface area (Å²) < 4.78 is 4.59. The first kappa shape index (κ1) is 22.7. The molecule has 0 unspecified atom stereocenters. The van der Waals surface area contributed by atoms with Crippen molar-refractivity contribution in [2.75, 3.05) is 21.3 Å². The molecule has 8 aromatic rings. The zero-order valence-electron chi connectivity index (χ0n) is 22.1. The lowest BCUT2D eigenvalue weighted by molar-refractivity contribution is 1.09. The number of nitrogens with zero attached hydrogens (tertiary/aromatic N) is 2. The van der Waals surface area contributed by atoms with Gasteiger partial charge in [-0.05, 0) is 0 Å². The van der Waals surface area contributed by atoms with Crippen LogP contribution in [-0.2, 0) is 0 Å². The highest BCUT2D eigenvalue weighted by Crippen LogP contribution is 2.47. The van der Waals surface area contributed by atoms with Gasteiger partial charge < -0.3 is 38.3 Å². The van der Waals surface area contributed by atoms with Gasteiger partial charge in [0.2, 0.25) is 0 Å². The van der Waals surface area contributed by atoms with Crippen molar-refractivity contribution in [3.8, 4) is 0 Å². The van der Waals surface area contributed by atoms with Gasteiger partial charge in [-0.3, -0.25) is 0 Å². The normalized spacial score (nSPS) is 13.6. The Labute approximate surface area is 247 Å². The summed E-state index contributed by atoms with van der Waals surface area (Å²) in [6.07, 6.45) is 0. The Morgan fingerprint density at radius 3 is 0.881 bits per heavy atom. The van der Waals surface area contributed by atoms with Crippen molar-refractivity contribution < 1.29 is 0 Å². The smallest absolute Gasteiger partial charge is 0.373 e. The number of hydrogen-bond acceptors (Lipinski definition) is 4. The van der Waals surface area contributed by atoms with Crippen LogP contribution >= 0.6 is 10.0 Å². The van der Waals surface area contributed by atoms with Gasteiger partial charge in [-0.2, -0.15) is 10.0 Å². The number of benzene rings is 4. The number of nitrogens with one attached hydrogen (secondary N) is 6. The molecule has 8 nitrogen and oxygen atoms in total. The largest absolute Gasteiger partial charge is 0.722 e. The fourth-order valence-electron chi connectivity index (χ4n) is 6.81. The quantitative estimate of drug-likeness (QED) is 0.101. The zero-order valence-corrected chi connectivity index (χ0v) is 24.0. The Bertz CT molecular complexity index is 2090. The van der Waals surface area contributed by atoms with Crippen LogP contribution in [0.1, 0.15) is 0 Å². The highest BCUT2D eigenvalue weighted by molar-refractivity contribution is 7.06. The Morgan fingerprint density at radius 2 is 0.619 bits per heavy atom. The third kappa shape index (κ3) is 2.87. The molecular weight excluding hydrogens is 559 g/mol. The molecule has 0 radical (unpaired) electrons. The van der Waals surface area contributed by atoms with Crippen LogP contribution in [-0.4, -0.2) is 30.7 Å². The molecule has 0 saturated heterocycles.